The van der Waals surface area contributed by atoms with E-state index in [9.17, 15) is 20.1 Å². The molecule has 0 saturated carbocycles. The Hall–Kier alpha value is -1.98. The van der Waals surface area contributed by atoms with Gasteiger partial charge in [0.05, 0.1) is 5.56 Å². The molecule has 0 spiro atoms. The fraction of sp³-hybridized carbons (Fsp3) is 0.143. The summed E-state index contributed by atoms with van der Waals surface area (Å²) < 4.78 is 0.424. The highest BCUT2D eigenvalue weighted by molar-refractivity contribution is 5.96. The number of Topliss-reactive ketones (excluding diaryl/α,β-unsaturated/α-hetero) is 1. The zero-order valence-electron chi connectivity index (χ0n) is 6.54. The SMILES string of the molecule is O=C(C[N+](=O)[O-])c1ccc[n+]([O-])c1. The van der Waals surface area contributed by atoms with Crippen LogP contribution in [0.1, 0.15) is 10.4 Å². The van der Waals surface area contributed by atoms with Gasteiger partial charge in [0.25, 0.3) is 6.54 Å². The maximum absolute atomic E-state index is 11.0. The Morgan fingerprint density at radius 2 is 2.31 bits per heavy atom. The number of hydrogen-bond acceptors (Lipinski definition) is 4. The minimum absolute atomic E-state index is 0.0502. The molecule has 0 N–H and O–H groups in total. The third-order valence-electron chi connectivity index (χ3n) is 1.37. The van der Waals surface area contributed by atoms with E-state index in [1.165, 1.54) is 18.3 Å². The van der Waals surface area contributed by atoms with Crippen molar-refractivity contribution in [1.82, 2.24) is 0 Å². The van der Waals surface area contributed by atoms with Gasteiger partial charge in [-0.05, 0) is 6.07 Å². The summed E-state index contributed by atoms with van der Waals surface area (Å²) >= 11 is 0. The smallest absolute Gasteiger partial charge is 0.266 e. The number of nitrogens with zero attached hydrogens (tertiary/aromatic N) is 2. The first-order chi connectivity index (χ1) is 6.09. The van der Waals surface area contributed by atoms with Crippen molar-refractivity contribution in [2.24, 2.45) is 0 Å². The Morgan fingerprint density at radius 1 is 1.62 bits per heavy atom. The van der Waals surface area contributed by atoms with E-state index in [0.29, 0.717) is 4.73 Å². The highest BCUT2D eigenvalue weighted by Gasteiger charge is 2.14. The van der Waals surface area contributed by atoms with E-state index in [2.05, 4.69) is 0 Å². The first-order valence-electron chi connectivity index (χ1n) is 3.43. The molecule has 68 valence electrons. The van der Waals surface area contributed by atoms with E-state index in [-0.39, 0.29) is 5.56 Å². The summed E-state index contributed by atoms with van der Waals surface area (Å²) in [5, 5.41) is 20.6. The van der Waals surface area contributed by atoms with Crippen LogP contribution >= 0.6 is 0 Å². The normalized spacial score (nSPS) is 9.54. The van der Waals surface area contributed by atoms with Crippen molar-refractivity contribution in [1.29, 1.82) is 0 Å². The van der Waals surface area contributed by atoms with Crippen molar-refractivity contribution >= 4 is 5.78 Å². The van der Waals surface area contributed by atoms with Crippen molar-refractivity contribution < 1.29 is 14.4 Å². The summed E-state index contributed by atoms with van der Waals surface area (Å²) in [5.41, 5.74) is 0.0502. The van der Waals surface area contributed by atoms with Crippen LogP contribution in [0.2, 0.25) is 0 Å². The standard InChI is InChI=1S/C7H6N2O4/c10-7(5-9(12)13)6-2-1-3-8(11)4-6/h1-4H,5H2. The number of pyridine rings is 1. The van der Waals surface area contributed by atoms with Gasteiger partial charge in [0, 0.05) is 11.0 Å². The molecule has 1 rings (SSSR count). The Kier molecular flexibility index (Phi) is 2.53. The predicted molar refractivity (Wildman–Crippen MR) is 41.6 cm³/mol. The number of nitro groups is 1. The number of ketones is 1. The van der Waals surface area contributed by atoms with E-state index in [4.69, 9.17) is 0 Å². The first-order valence-corrected chi connectivity index (χ1v) is 3.43. The molecule has 1 heterocycles. The average Bonchev–Trinajstić information content (AvgIpc) is 2.03. The van der Waals surface area contributed by atoms with E-state index < -0.39 is 17.3 Å². The van der Waals surface area contributed by atoms with Gasteiger partial charge in [0.15, 0.2) is 12.4 Å². The van der Waals surface area contributed by atoms with Gasteiger partial charge in [-0.25, -0.2) is 0 Å². The maximum Gasteiger partial charge on any atom is 0.266 e. The molecule has 0 aliphatic heterocycles. The Balaban J connectivity index is 2.83. The molecular weight excluding hydrogens is 176 g/mol. The topological polar surface area (TPSA) is 87.1 Å². The molecule has 0 unspecified atom stereocenters. The Bertz CT molecular complexity index is 350. The number of carbonyl (C=O) groups excluding carboxylic acids is 1. The number of hydrogen-bond donors (Lipinski definition) is 0. The number of rotatable bonds is 3. The van der Waals surface area contributed by atoms with E-state index >= 15 is 0 Å². The quantitative estimate of drug-likeness (QED) is 0.212. The monoisotopic (exact) mass is 182 g/mol. The molecule has 6 heteroatoms. The molecular formula is C7H6N2O4. The van der Waals surface area contributed by atoms with Gasteiger partial charge < -0.3 is 5.21 Å². The lowest BCUT2D eigenvalue weighted by Gasteiger charge is -1.96. The van der Waals surface area contributed by atoms with Gasteiger partial charge in [0.1, 0.15) is 0 Å². The fourth-order valence-electron chi connectivity index (χ4n) is 0.828. The second-order valence-corrected chi connectivity index (χ2v) is 2.37. The van der Waals surface area contributed by atoms with Gasteiger partial charge in [-0.2, -0.15) is 4.73 Å². The van der Waals surface area contributed by atoms with Crippen molar-refractivity contribution in [3.8, 4) is 0 Å². The summed E-state index contributed by atoms with van der Waals surface area (Å²) in [6.45, 7) is -0.788. The zero-order chi connectivity index (χ0) is 9.84. The summed E-state index contributed by atoms with van der Waals surface area (Å²) in [4.78, 5) is 20.2. The van der Waals surface area contributed by atoms with Crippen LogP contribution in [0.15, 0.2) is 24.5 Å². The highest BCUT2D eigenvalue weighted by Crippen LogP contribution is 1.95. The second-order valence-electron chi connectivity index (χ2n) is 2.37. The Labute approximate surface area is 73.2 Å². The van der Waals surface area contributed by atoms with Crippen molar-refractivity contribution in [3.63, 3.8) is 0 Å². The molecule has 0 amide bonds. The van der Waals surface area contributed by atoms with Crippen LogP contribution in [0.5, 0.6) is 0 Å². The van der Waals surface area contributed by atoms with Crippen LogP contribution in [0.3, 0.4) is 0 Å². The zero-order valence-corrected chi connectivity index (χ0v) is 6.54. The lowest BCUT2D eigenvalue weighted by atomic mass is 10.2. The molecule has 0 aliphatic rings. The summed E-state index contributed by atoms with van der Waals surface area (Å²) in [7, 11) is 0. The minimum Gasteiger partial charge on any atom is -0.619 e. The lowest BCUT2D eigenvalue weighted by Crippen LogP contribution is -2.27. The van der Waals surface area contributed by atoms with Crippen LogP contribution in [0.25, 0.3) is 0 Å². The third kappa shape index (κ3) is 2.51. The number of aromatic nitrogens is 1. The van der Waals surface area contributed by atoms with Crippen LogP contribution < -0.4 is 4.73 Å². The van der Waals surface area contributed by atoms with Crippen molar-refractivity contribution in [3.05, 3.63) is 45.4 Å². The molecule has 0 aromatic carbocycles. The van der Waals surface area contributed by atoms with E-state index in [1.807, 2.05) is 0 Å². The van der Waals surface area contributed by atoms with Crippen LogP contribution in [-0.2, 0) is 0 Å². The van der Waals surface area contributed by atoms with Crippen molar-refractivity contribution in [2.45, 2.75) is 0 Å². The van der Waals surface area contributed by atoms with Gasteiger partial charge in [0.2, 0.25) is 5.78 Å². The van der Waals surface area contributed by atoms with E-state index in [0.717, 1.165) is 6.20 Å². The number of carbonyl (C=O) groups is 1. The predicted octanol–water partition coefficient (Wildman–Crippen LogP) is -0.221. The first kappa shape index (κ1) is 9.11. The maximum atomic E-state index is 11.0. The highest BCUT2D eigenvalue weighted by atomic mass is 16.6. The molecule has 6 nitrogen and oxygen atoms in total. The van der Waals surface area contributed by atoms with Gasteiger partial charge >= 0.3 is 0 Å². The molecule has 0 radical (unpaired) electrons. The van der Waals surface area contributed by atoms with Crippen LogP contribution in [0, 0.1) is 15.3 Å². The second kappa shape index (κ2) is 3.61. The minimum atomic E-state index is -0.788. The molecule has 1 aromatic heterocycles. The largest absolute Gasteiger partial charge is 0.619 e. The third-order valence-corrected chi connectivity index (χ3v) is 1.37. The molecule has 0 atom stereocenters. The van der Waals surface area contributed by atoms with Crippen LogP contribution in [-0.4, -0.2) is 17.3 Å². The average molecular weight is 182 g/mol. The summed E-state index contributed by atoms with van der Waals surface area (Å²) in [6, 6.07) is 2.72. The molecule has 0 aliphatic carbocycles. The van der Waals surface area contributed by atoms with Gasteiger partial charge in [-0.15, -0.1) is 0 Å². The van der Waals surface area contributed by atoms with Crippen LogP contribution in [0.4, 0.5) is 0 Å². The van der Waals surface area contributed by atoms with E-state index in [1.54, 1.807) is 0 Å². The molecule has 0 bridgehead atoms. The summed E-state index contributed by atoms with van der Waals surface area (Å²) in [5.74, 6) is -0.671. The molecule has 0 saturated heterocycles. The Morgan fingerprint density at radius 3 is 2.85 bits per heavy atom. The summed E-state index contributed by atoms with van der Waals surface area (Å²) in [6.07, 6.45) is 2.20. The lowest BCUT2D eigenvalue weighted by molar-refractivity contribution is -0.605. The van der Waals surface area contributed by atoms with Crippen molar-refractivity contribution in [2.75, 3.05) is 6.54 Å². The van der Waals surface area contributed by atoms with Gasteiger partial charge in [-0.3, -0.25) is 14.9 Å². The molecule has 0 fully saturated rings. The molecule has 13 heavy (non-hydrogen) atoms. The molecule has 1 aromatic rings. The fourth-order valence-corrected chi connectivity index (χ4v) is 0.828. The van der Waals surface area contributed by atoms with Gasteiger partial charge in [-0.1, -0.05) is 0 Å².